The van der Waals surface area contributed by atoms with Gasteiger partial charge in [-0.05, 0) is 44.5 Å². The molecular weight excluding hydrogens is 365 g/mol. The first-order valence-corrected chi connectivity index (χ1v) is 8.78. The summed E-state index contributed by atoms with van der Waals surface area (Å²) in [5, 5.41) is 8.56. The van der Waals surface area contributed by atoms with Crippen molar-refractivity contribution in [1.29, 1.82) is 0 Å². The van der Waals surface area contributed by atoms with E-state index in [9.17, 15) is 9.18 Å². The van der Waals surface area contributed by atoms with Crippen molar-refractivity contribution in [2.75, 3.05) is 19.0 Å². The summed E-state index contributed by atoms with van der Waals surface area (Å²) >= 11 is 1.34. The van der Waals surface area contributed by atoms with Crippen LogP contribution in [0.3, 0.4) is 0 Å². The van der Waals surface area contributed by atoms with Crippen LogP contribution in [0.2, 0.25) is 0 Å². The molecule has 0 radical (unpaired) electrons. The zero-order valence-electron chi connectivity index (χ0n) is 14.0. The number of carbonyl (C=O) groups is 1. The summed E-state index contributed by atoms with van der Waals surface area (Å²) in [7, 11) is 1.43. The molecule has 1 aliphatic rings. The first-order chi connectivity index (χ1) is 11.6. The number of benzene rings is 1. The standard InChI is InChI=1S/C17H20FN3O2S.ClH/c1-10-7-12(5-6-19-10)16(22)21-17-20-14(9-24-17)11-3-4-15(23-2)13(18)8-11;/h3-4,8-10,12,19H,5-7H2,1-2H3,(H,20,21,22);1H/t10-,12-;/m0./s1. The van der Waals surface area contributed by atoms with Crippen LogP contribution >= 0.6 is 23.7 Å². The molecule has 0 saturated carbocycles. The molecule has 0 unspecified atom stereocenters. The number of piperidine rings is 1. The highest BCUT2D eigenvalue weighted by molar-refractivity contribution is 7.14. The van der Waals surface area contributed by atoms with E-state index in [0.717, 1.165) is 19.4 Å². The van der Waals surface area contributed by atoms with Gasteiger partial charge in [0.2, 0.25) is 5.91 Å². The molecule has 2 heterocycles. The number of anilines is 1. The quantitative estimate of drug-likeness (QED) is 0.842. The van der Waals surface area contributed by atoms with Crippen molar-refractivity contribution in [3.8, 4) is 17.0 Å². The molecule has 136 valence electrons. The van der Waals surface area contributed by atoms with Gasteiger partial charge in [0, 0.05) is 22.9 Å². The van der Waals surface area contributed by atoms with Crippen LogP contribution in [0.15, 0.2) is 23.6 Å². The molecule has 0 bridgehead atoms. The van der Waals surface area contributed by atoms with E-state index in [1.165, 1.54) is 24.5 Å². The average molecular weight is 386 g/mol. The number of nitrogens with one attached hydrogen (secondary N) is 2. The lowest BCUT2D eigenvalue weighted by atomic mass is 9.92. The van der Waals surface area contributed by atoms with Crippen LogP contribution in [0.5, 0.6) is 5.75 Å². The number of carbonyl (C=O) groups excluding carboxylic acids is 1. The van der Waals surface area contributed by atoms with Gasteiger partial charge < -0.3 is 15.4 Å². The third-order valence-corrected chi connectivity index (χ3v) is 4.93. The highest BCUT2D eigenvalue weighted by Crippen LogP contribution is 2.29. The van der Waals surface area contributed by atoms with Crippen molar-refractivity contribution in [1.82, 2.24) is 10.3 Å². The second kappa shape index (κ2) is 8.60. The van der Waals surface area contributed by atoms with Crippen molar-refractivity contribution >= 4 is 34.8 Å². The number of halogens is 2. The zero-order valence-corrected chi connectivity index (χ0v) is 15.7. The van der Waals surface area contributed by atoms with Crippen LogP contribution in [-0.2, 0) is 4.79 Å². The normalized spacial score (nSPS) is 19.8. The fourth-order valence-electron chi connectivity index (χ4n) is 2.87. The van der Waals surface area contributed by atoms with E-state index in [1.807, 2.05) is 5.38 Å². The number of amides is 1. The predicted octanol–water partition coefficient (Wildman–Crippen LogP) is 3.71. The van der Waals surface area contributed by atoms with Gasteiger partial charge in [-0.2, -0.15) is 0 Å². The lowest BCUT2D eigenvalue weighted by Crippen LogP contribution is -2.40. The molecule has 0 aliphatic carbocycles. The smallest absolute Gasteiger partial charge is 0.229 e. The largest absolute Gasteiger partial charge is 0.494 e. The molecule has 25 heavy (non-hydrogen) atoms. The minimum absolute atomic E-state index is 0. The Bertz CT molecular complexity index is 740. The number of hydrogen-bond donors (Lipinski definition) is 2. The Morgan fingerprint density at radius 2 is 2.28 bits per heavy atom. The molecular formula is C17H21ClFN3O2S. The van der Waals surface area contributed by atoms with E-state index in [1.54, 1.807) is 12.1 Å². The average Bonchev–Trinajstić information content (AvgIpc) is 3.03. The Kier molecular flexibility index (Phi) is 6.75. The minimum atomic E-state index is -0.433. The Labute approximate surface area is 156 Å². The van der Waals surface area contributed by atoms with Crippen molar-refractivity contribution in [2.45, 2.75) is 25.8 Å². The van der Waals surface area contributed by atoms with Gasteiger partial charge in [0.05, 0.1) is 12.8 Å². The summed E-state index contributed by atoms with van der Waals surface area (Å²) in [5.74, 6) is -0.225. The Morgan fingerprint density at radius 1 is 1.48 bits per heavy atom. The SMILES string of the molecule is COc1ccc(-c2csc(NC(=O)[C@H]3CCN[C@@H](C)C3)n2)cc1F.Cl. The molecule has 1 fully saturated rings. The molecule has 3 rings (SSSR count). The van der Waals surface area contributed by atoms with Crippen LogP contribution in [-0.4, -0.2) is 30.6 Å². The maximum Gasteiger partial charge on any atom is 0.229 e. The lowest BCUT2D eigenvalue weighted by Gasteiger charge is -2.26. The van der Waals surface area contributed by atoms with E-state index in [4.69, 9.17) is 4.74 Å². The summed E-state index contributed by atoms with van der Waals surface area (Å²) < 4.78 is 18.7. The summed E-state index contributed by atoms with van der Waals surface area (Å²) in [4.78, 5) is 16.7. The summed E-state index contributed by atoms with van der Waals surface area (Å²) in [6, 6.07) is 5.05. The molecule has 1 aromatic heterocycles. The fraction of sp³-hybridized carbons (Fsp3) is 0.412. The second-order valence-electron chi connectivity index (χ2n) is 5.95. The van der Waals surface area contributed by atoms with Gasteiger partial charge in [-0.1, -0.05) is 0 Å². The second-order valence-corrected chi connectivity index (χ2v) is 6.81. The van der Waals surface area contributed by atoms with E-state index >= 15 is 0 Å². The van der Waals surface area contributed by atoms with Gasteiger partial charge in [-0.25, -0.2) is 9.37 Å². The molecule has 8 heteroatoms. The summed E-state index contributed by atoms with van der Waals surface area (Å²) in [6.07, 6.45) is 1.66. The van der Waals surface area contributed by atoms with E-state index in [-0.39, 0.29) is 30.0 Å². The van der Waals surface area contributed by atoms with E-state index in [0.29, 0.717) is 22.4 Å². The number of thiazole rings is 1. The number of aromatic nitrogens is 1. The first-order valence-electron chi connectivity index (χ1n) is 7.90. The zero-order chi connectivity index (χ0) is 17.1. The van der Waals surface area contributed by atoms with Crippen LogP contribution < -0.4 is 15.4 Å². The molecule has 1 aromatic carbocycles. The Morgan fingerprint density at radius 3 is 2.96 bits per heavy atom. The third-order valence-electron chi connectivity index (χ3n) is 4.18. The maximum absolute atomic E-state index is 13.8. The van der Waals surface area contributed by atoms with Crippen molar-refractivity contribution in [3.63, 3.8) is 0 Å². The molecule has 0 spiro atoms. The van der Waals surface area contributed by atoms with Crippen molar-refractivity contribution in [3.05, 3.63) is 29.4 Å². The van der Waals surface area contributed by atoms with Crippen molar-refractivity contribution < 1.29 is 13.9 Å². The molecule has 2 atom stereocenters. The van der Waals surface area contributed by atoms with Gasteiger partial charge in [0.1, 0.15) is 0 Å². The van der Waals surface area contributed by atoms with Crippen LogP contribution in [0, 0.1) is 11.7 Å². The van der Waals surface area contributed by atoms with Crippen LogP contribution in [0.25, 0.3) is 11.3 Å². The minimum Gasteiger partial charge on any atom is -0.494 e. The van der Waals surface area contributed by atoms with E-state index < -0.39 is 5.82 Å². The number of rotatable bonds is 4. The molecule has 1 saturated heterocycles. The maximum atomic E-state index is 13.8. The topological polar surface area (TPSA) is 63.2 Å². The predicted molar refractivity (Wildman–Crippen MR) is 100 cm³/mol. The van der Waals surface area contributed by atoms with E-state index in [2.05, 4.69) is 22.5 Å². The highest BCUT2D eigenvalue weighted by atomic mass is 35.5. The summed E-state index contributed by atoms with van der Waals surface area (Å²) in [5.41, 5.74) is 1.29. The van der Waals surface area contributed by atoms with Gasteiger partial charge >= 0.3 is 0 Å². The fourth-order valence-corrected chi connectivity index (χ4v) is 3.59. The van der Waals surface area contributed by atoms with Crippen LogP contribution in [0.1, 0.15) is 19.8 Å². The van der Waals surface area contributed by atoms with Gasteiger partial charge in [-0.3, -0.25) is 4.79 Å². The number of nitrogens with zero attached hydrogens (tertiary/aromatic N) is 1. The molecule has 1 amide bonds. The van der Waals surface area contributed by atoms with Gasteiger partial charge in [-0.15, -0.1) is 23.7 Å². The van der Waals surface area contributed by atoms with Crippen LogP contribution in [0.4, 0.5) is 9.52 Å². The third kappa shape index (κ3) is 4.68. The monoisotopic (exact) mass is 385 g/mol. The Hall–Kier alpha value is -1.70. The molecule has 2 aromatic rings. The van der Waals surface area contributed by atoms with Crippen molar-refractivity contribution in [2.24, 2.45) is 5.92 Å². The van der Waals surface area contributed by atoms with Gasteiger partial charge in [0.25, 0.3) is 0 Å². The number of methoxy groups -OCH3 is 1. The number of hydrogen-bond acceptors (Lipinski definition) is 5. The molecule has 2 N–H and O–H groups in total. The molecule has 1 aliphatic heterocycles. The van der Waals surface area contributed by atoms with Gasteiger partial charge in [0.15, 0.2) is 16.7 Å². The molecule has 5 nitrogen and oxygen atoms in total. The number of ether oxygens (including phenoxy) is 1. The highest BCUT2D eigenvalue weighted by Gasteiger charge is 2.25. The summed E-state index contributed by atoms with van der Waals surface area (Å²) in [6.45, 7) is 2.94. The first kappa shape index (κ1) is 19.6. The Balaban J connectivity index is 0.00000225. The lowest BCUT2D eigenvalue weighted by molar-refractivity contribution is -0.120.